The zero-order valence-electron chi connectivity index (χ0n) is 18.2. The molecule has 2 fully saturated rings. The Hall–Kier alpha value is -2.56. The summed E-state index contributed by atoms with van der Waals surface area (Å²) < 4.78 is 33.2. The molecule has 2 amide bonds. The van der Waals surface area contributed by atoms with Crippen molar-refractivity contribution in [2.24, 2.45) is 0 Å². The summed E-state index contributed by atoms with van der Waals surface area (Å²) in [7, 11) is -2.21. The molecule has 3 aliphatic heterocycles. The minimum absolute atomic E-state index is 0.101. The highest BCUT2D eigenvalue weighted by Gasteiger charge is 2.57. The summed E-state index contributed by atoms with van der Waals surface area (Å²) in [4.78, 5) is 27.8. The Morgan fingerprint density at radius 3 is 2.64 bits per heavy atom. The Balaban J connectivity index is 1.47. The number of nitrogens with one attached hydrogen (secondary N) is 1. The molecule has 0 saturated carbocycles. The molecule has 0 spiro atoms. The Labute approximate surface area is 197 Å². The molecule has 33 heavy (non-hydrogen) atoms. The molecule has 0 bridgehead atoms. The van der Waals surface area contributed by atoms with Gasteiger partial charge in [-0.05, 0) is 49.6 Å². The molecule has 0 aromatic heterocycles. The van der Waals surface area contributed by atoms with Crippen LogP contribution >= 0.6 is 11.8 Å². The fourth-order valence-corrected chi connectivity index (χ4v) is 7.68. The highest BCUT2D eigenvalue weighted by Crippen LogP contribution is 2.56. The number of anilines is 2. The molecule has 0 aliphatic carbocycles. The SMILES string of the molecule is COc1ccc(S(=O)(=O)N2CCCCC2)cc1NC(=O)[C@@]12CCC(=O)N1c1ccccc1S2. The number of ether oxygens (including phenoxy) is 1. The van der Waals surface area contributed by atoms with Crippen LogP contribution in [0.25, 0.3) is 0 Å². The Bertz CT molecular complexity index is 1230. The third-order valence-electron chi connectivity index (χ3n) is 6.40. The first kappa shape index (κ1) is 22.2. The Morgan fingerprint density at radius 1 is 1.12 bits per heavy atom. The molecule has 3 heterocycles. The summed E-state index contributed by atoms with van der Waals surface area (Å²) in [6, 6.07) is 12.0. The zero-order chi connectivity index (χ0) is 23.2. The van der Waals surface area contributed by atoms with Crippen LogP contribution in [-0.4, -0.2) is 49.6 Å². The summed E-state index contributed by atoms with van der Waals surface area (Å²) in [5, 5.41) is 2.87. The lowest BCUT2D eigenvalue weighted by Crippen LogP contribution is -2.49. The van der Waals surface area contributed by atoms with Crippen LogP contribution in [0.1, 0.15) is 32.1 Å². The fraction of sp³-hybridized carbons (Fsp3) is 0.391. The molecule has 1 N–H and O–H groups in total. The lowest BCUT2D eigenvalue weighted by atomic mass is 10.1. The van der Waals surface area contributed by atoms with Crippen molar-refractivity contribution < 1.29 is 22.7 Å². The number of nitrogens with zero attached hydrogens (tertiary/aromatic N) is 2. The van der Waals surface area contributed by atoms with Crippen LogP contribution in [0.15, 0.2) is 52.3 Å². The molecule has 2 aromatic rings. The van der Waals surface area contributed by atoms with Crippen molar-refractivity contribution in [2.45, 2.75) is 46.8 Å². The van der Waals surface area contributed by atoms with E-state index in [1.807, 2.05) is 24.3 Å². The van der Waals surface area contributed by atoms with Gasteiger partial charge in [0.25, 0.3) is 5.91 Å². The van der Waals surface area contributed by atoms with E-state index in [-0.39, 0.29) is 28.8 Å². The average Bonchev–Trinajstić information content (AvgIpc) is 3.35. The van der Waals surface area contributed by atoms with Gasteiger partial charge in [-0.25, -0.2) is 8.42 Å². The summed E-state index contributed by atoms with van der Waals surface area (Å²) in [5.74, 6) is -0.120. The fourth-order valence-electron chi connectivity index (χ4n) is 4.72. The predicted molar refractivity (Wildman–Crippen MR) is 126 cm³/mol. The predicted octanol–water partition coefficient (Wildman–Crippen LogP) is 3.44. The second-order valence-electron chi connectivity index (χ2n) is 8.36. The maximum atomic E-state index is 13.6. The van der Waals surface area contributed by atoms with E-state index in [0.717, 1.165) is 29.8 Å². The first-order valence-corrected chi connectivity index (χ1v) is 13.2. The summed E-state index contributed by atoms with van der Waals surface area (Å²) >= 11 is 1.36. The lowest BCUT2D eigenvalue weighted by molar-refractivity contribution is -0.121. The maximum Gasteiger partial charge on any atom is 0.261 e. The third-order valence-corrected chi connectivity index (χ3v) is 9.77. The molecule has 2 aromatic carbocycles. The standard InChI is InChI=1S/C23H25N3O5S2/c1-31-19-10-9-16(33(29,30)25-13-5-2-6-14-25)15-17(19)24-22(28)23-12-11-21(27)26(23)18-7-3-4-8-20(18)32-23/h3-4,7-10,15H,2,5-6,11-14H2,1H3,(H,24,28)/t23-/m0/s1. The van der Waals surface area contributed by atoms with Gasteiger partial charge in [0, 0.05) is 24.4 Å². The van der Waals surface area contributed by atoms with E-state index in [2.05, 4.69) is 5.32 Å². The molecule has 0 unspecified atom stereocenters. The highest BCUT2D eigenvalue weighted by molar-refractivity contribution is 8.02. The number of piperidine rings is 1. The molecule has 174 valence electrons. The number of hydrogen-bond donors (Lipinski definition) is 1. The van der Waals surface area contributed by atoms with E-state index >= 15 is 0 Å². The van der Waals surface area contributed by atoms with Gasteiger partial charge in [0.15, 0.2) is 4.87 Å². The molecular weight excluding hydrogens is 462 g/mol. The monoisotopic (exact) mass is 487 g/mol. The highest BCUT2D eigenvalue weighted by atomic mass is 32.2. The number of carbonyl (C=O) groups is 2. The van der Waals surface area contributed by atoms with Crippen molar-refractivity contribution in [2.75, 3.05) is 30.4 Å². The van der Waals surface area contributed by atoms with E-state index in [0.29, 0.717) is 25.3 Å². The molecule has 0 radical (unpaired) electrons. The van der Waals surface area contributed by atoms with Crippen molar-refractivity contribution >= 4 is 45.0 Å². The molecule has 5 rings (SSSR count). The summed E-state index contributed by atoms with van der Waals surface area (Å²) in [6.07, 6.45) is 3.33. The van der Waals surface area contributed by atoms with Gasteiger partial charge in [-0.2, -0.15) is 4.31 Å². The van der Waals surface area contributed by atoms with Crippen molar-refractivity contribution in [1.29, 1.82) is 0 Å². The first-order chi connectivity index (χ1) is 15.9. The van der Waals surface area contributed by atoms with Crippen LogP contribution in [-0.2, 0) is 19.6 Å². The number of carbonyl (C=O) groups excluding carboxylic acids is 2. The van der Waals surface area contributed by atoms with Gasteiger partial charge in [-0.1, -0.05) is 30.3 Å². The van der Waals surface area contributed by atoms with Crippen molar-refractivity contribution in [3.8, 4) is 5.75 Å². The van der Waals surface area contributed by atoms with Crippen molar-refractivity contribution in [1.82, 2.24) is 4.31 Å². The summed E-state index contributed by atoms with van der Waals surface area (Å²) in [6.45, 7) is 0.982. The van der Waals surface area contributed by atoms with Gasteiger partial charge in [0.05, 0.1) is 23.4 Å². The van der Waals surface area contributed by atoms with Crippen LogP contribution in [0.4, 0.5) is 11.4 Å². The van der Waals surface area contributed by atoms with Gasteiger partial charge in [0.2, 0.25) is 15.9 Å². The number of methoxy groups -OCH3 is 1. The van der Waals surface area contributed by atoms with E-state index < -0.39 is 14.9 Å². The third kappa shape index (κ3) is 3.60. The quantitative estimate of drug-likeness (QED) is 0.694. The number of benzene rings is 2. The van der Waals surface area contributed by atoms with E-state index in [9.17, 15) is 18.0 Å². The smallest absolute Gasteiger partial charge is 0.261 e. The second-order valence-corrected chi connectivity index (χ2v) is 11.6. The second kappa shape index (κ2) is 8.34. The number of thioether (sulfide) groups is 1. The molecule has 10 heteroatoms. The minimum Gasteiger partial charge on any atom is -0.495 e. The van der Waals surface area contributed by atoms with Crippen LogP contribution in [0.5, 0.6) is 5.75 Å². The van der Waals surface area contributed by atoms with Gasteiger partial charge in [-0.15, -0.1) is 0 Å². The van der Waals surface area contributed by atoms with E-state index in [4.69, 9.17) is 4.74 Å². The number of rotatable bonds is 5. The zero-order valence-corrected chi connectivity index (χ0v) is 19.9. The topological polar surface area (TPSA) is 96.0 Å². The number of amides is 2. The van der Waals surface area contributed by atoms with Crippen LogP contribution in [0.3, 0.4) is 0 Å². The number of sulfonamides is 1. The lowest BCUT2D eigenvalue weighted by Gasteiger charge is -2.30. The molecule has 8 nitrogen and oxygen atoms in total. The van der Waals surface area contributed by atoms with E-state index in [1.165, 1.54) is 35.3 Å². The Kier molecular flexibility index (Phi) is 5.62. The minimum atomic E-state index is -3.68. The Morgan fingerprint density at radius 2 is 1.88 bits per heavy atom. The number of hydrogen-bond acceptors (Lipinski definition) is 6. The number of fused-ring (bicyclic) bond motifs is 3. The summed E-state index contributed by atoms with van der Waals surface area (Å²) in [5.41, 5.74) is 0.999. The van der Waals surface area contributed by atoms with Gasteiger partial charge in [-0.3, -0.25) is 14.5 Å². The van der Waals surface area contributed by atoms with Crippen molar-refractivity contribution in [3.05, 3.63) is 42.5 Å². The van der Waals surface area contributed by atoms with Crippen molar-refractivity contribution in [3.63, 3.8) is 0 Å². The molecular formula is C23H25N3O5S2. The van der Waals surface area contributed by atoms with Gasteiger partial charge >= 0.3 is 0 Å². The molecule has 3 aliphatic rings. The van der Waals surface area contributed by atoms with Gasteiger partial charge < -0.3 is 10.1 Å². The first-order valence-electron chi connectivity index (χ1n) is 11.0. The average molecular weight is 488 g/mol. The largest absolute Gasteiger partial charge is 0.495 e. The molecule has 1 atom stereocenters. The van der Waals surface area contributed by atoms with Crippen LogP contribution < -0.4 is 15.0 Å². The normalized spacial score (nSPS) is 22.7. The number of para-hydroxylation sites is 1. The van der Waals surface area contributed by atoms with Gasteiger partial charge in [0.1, 0.15) is 5.75 Å². The van der Waals surface area contributed by atoms with Crippen LogP contribution in [0, 0.1) is 0 Å². The van der Waals surface area contributed by atoms with Crippen LogP contribution in [0.2, 0.25) is 0 Å². The maximum absolute atomic E-state index is 13.6. The molecule has 2 saturated heterocycles. The van der Waals surface area contributed by atoms with E-state index in [1.54, 1.807) is 11.0 Å².